The van der Waals surface area contributed by atoms with E-state index in [9.17, 15) is 4.79 Å². The lowest BCUT2D eigenvalue weighted by Gasteiger charge is -2.01. The number of aromatic nitrogens is 4. The molecule has 1 amide bonds. The molecule has 2 N–H and O–H groups in total. The van der Waals surface area contributed by atoms with E-state index >= 15 is 0 Å². The largest absolute Gasteiger partial charge is 0.367 e. The number of hydrogen-bond donors (Lipinski definition) is 2. The number of hydrogen-bond acceptors (Lipinski definition) is 4. The van der Waals surface area contributed by atoms with Gasteiger partial charge in [0.05, 0.1) is 17.8 Å². The number of amides is 1. The van der Waals surface area contributed by atoms with Crippen LogP contribution in [0, 0.1) is 13.8 Å². The molecule has 0 saturated heterocycles. The predicted molar refractivity (Wildman–Crippen MR) is 76.1 cm³/mol. The summed E-state index contributed by atoms with van der Waals surface area (Å²) >= 11 is 0. The SMILES string of the molecule is Cc1noc(C)c1Cn1ccc(NC(=O)c2cc[nH]c2)n1. The number of aromatic amines is 1. The van der Waals surface area contributed by atoms with Crippen molar-refractivity contribution in [1.29, 1.82) is 0 Å². The summed E-state index contributed by atoms with van der Waals surface area (Å²) in [7, 11) is 0. The average Bonchev–Trinajstić information content (AvgIpc) is 3.17. The van der Waals surface area contributed by atoms with Gasteiger partial charge in [-0.25, -0.2) is 0 Å². The molecule has 3 aromatic rings. The molecule has 0 radical (unpaired) electrons. The van der Waals surface area contributed by atoms with E-state index in [0.717, 1.165) is 17.0 Å². The Labute approximate surface area is 120 Å². The number of aryl methyl sites for hydroxylation is 2. The molecule has 0 aliphatic heterocycles. The van der Waals surface area contributed by atoms with Gasteiger partial charge in [-0.05, 0) is 19.9 Å². The van der Waals surface area contributed by atoms with Gasteiger partial charge in [0, 0.05) is 30.2 Å². The fourth-order valence-corrected chi connectivity index (χ4v) is 2.06. The number of carbonyl (C=O) groups is 1. The van der Waals surface area contributed by atoms with E-state index in [1.807, 2.05) is 13.8 Å². The first-order valence-corrected chi connectivity index (χ1v) is 6.53. The highest BCUT2D eigenvalue weighted by Gasteiger charge is 2.11. The fraction of sp³-hybridized carbons (Fsp3) is 0.214. The van der Waals surface area contributed by atoms with Crippen LogP contribution in [-0.2, 0) is 6.54 Å². The Kier molecular flexibility index (Phi) is 3.31. The molecule has 108 valence electrons. The van der Waals surface area contributed by atoms with Crippen molar-refractivity contribution in [3.8, 4) is 0 Å². The van der Waals surface area contributed by atoms with Crippen LogP contribution >= 0.6 is 0 Å². The third-order valence-corrected chi connectivity index (χ3v) is 3.24. The van der Waals surface area contributed by atoms with E-state index in [0.29, 0.717) is 17.9 Å². The van der Waals surface area contributed by atoms with Crippen molar-refractivity contribution in [2.75, 3.05) is 5.32 Å². The van der Waals surface area contributed by atoms with Crippen LogP contribution in [-0.4, -0.2) is 25.8 Å². The summed E-state index contributed by atoms with van der Waals surface area (Å²) in [6, 6.07) is 3.46. The molecule has 0 saturated carbocycles. The summed E-state index contributed by atoms with van der Waals surface area (Å²) < 4.78 is 6.86. The molecule has 0 spiro atoms. The zero-order valence-corrected chi connectivity index (χ0v) is 11.8. The molecule has 0 bridgehead atoms. The van der Waals surface area contributed by atoms with Gasteiger partial charge in [0.2, 0.25) is 0 Å². The molecule has 7 heteroatoms. The second kappa shape index (κ2) is 5.28. The maximum absolute atomic E-state index is 11.9. The molecule has 0 atom stereocenters. The first-order valence-electron chi connectivity index (χ1n) is 6.53. The van der Waals surface area contributed by atoms with Gasteiger partial charge in [0.15, 0.2) is 5.82 Å². The monoisotopic (exact) mass is 285 g/mol. The summed E-state index contributed by atoms with van der Waals surface area (Å²) in [6.45, 7) is 4.32. The first-order chi connectivity index (χ1) is 10.1. The molecule has 0 unspecified atom stereocenters. The van der Waals surface area contributed by atoms with Gasteiger partial charge in [-0.2, -0.15) is 5.10 Å². The average molecular weight is 285 g/mol. The lowest BCUT2D eigenvalue weighted by Crippen LogP contribution is -2.12. The molecular formula is C14H15N5O2. The summed E-state index contributed by atoms with van der Waals surface area (Å²) in [5.41, 5.74) is 2.41. The van der Waals surface area contributed by atoms with Crippen molar-refractivity contribution in [1.82, 2.24) is 19.9 Å². The molecule has 3 rings (SSSR count). The minimum atomic E-state index is -0.196. The number of anilines is 1. The molecular weight excluding hydrogens is 270 g/mol. The van der Waals surface area contributed by atoms with Crippen molar-refractivity contribution in [3.63, 3.8) is 0 Å². The lowest BCUT2D eigenvalue weighted by atomic mass is 10.2. The Bertz CT molecular complexity index is 735. The number of carbonyl (C=O) groups excluding carboxylic acids is 1. The van der Waals surface area contributed by atoms with Gasteiger partial charge in [-0.1, -0.05) is 5.16 Å². The van der Waals surface area contributed by atoms with E-state index in [1.165, 1.54) is 0 Å². The molecule has 3 heterocycles. The van der Waals surface area contributed by atoms with Crippen LogP contribution in [0.4, 0.5) is 5.82 Å². The molecule has 7 nitrogen and oxygen atoms in total. The molecule has 0 aliphatic rings. The third-order valence-electron chi connectivity index (χ3n) is 3.24. The second-order valence-electron chi connectivity index (χ2n) is 4.76. The number of rotatable bonds is 4. The van der Waals surface area contributed by atoms with Gasteiger partial charge in [-0.15, -0.1) is 0 Å². The van der Waals surface area contributed by atoms with Gasteiger partial charge in [-0.3, -0.25) is 9.48 Å². The normalized spacial score (nSPS) is 10.8. The van der Waals surface area contributed by atoms with Crippen LogP contribution in [0.2, 0.25) is 0 Å². The quantitative estimate of drug-likeness (QED) is 0.768. The Morgan fingerprint density at radius 1 is 1.43 bits per heavy atom. The van der Waals surface area contributed by atoms with Gasteiger partial charge < -0.3 is 14.8 Å². The minimum Gasteiger partial charge on any atom is -0.367 e. The first kappa shape index (κ1) is 13.2. The fourth-order valence-electron chi connectivity index (χ4n) is 2.06. The second-order valence-corrected chi connectivity index (χ2v) is 4.76. The van der Waals surface area contributed by atoms with Crippen molar-refractivity contribution in [3.05, 3.63) is 53.3 Å². The van der Waals surface area contributed by atoms with E-state index in [-0.39, 0.29) is 5.91 Å². The van der Waals surface area contributed by atoms with Crippen LogP contribution < -0.4 is 5.32 Å². The maximum Gasteiger partial charge on any atom is 0.258 e. The highest BCUT2D eigenvalue weighted by Crippen LogP contribution is 2.14. The Morgan fingerprint density at radius 3 is 2.95 bits per heavy atom. The highest BCUT2D eigenvalue weighted by molar-refractivity contribution is 6.03. The number of H-pyrrole nitrogens is 1. The van der Waals surface area contributed by atoms with Crippen LogP contribution in [0.25, 0.3) is 0 Å². The van der Waals surface area contributed by atoms with E-state index in [4.69, 9.17) is 4.52 Å². The smallest absolute Gasteiger partial charge is 0.258 e. The van der Waals surface area contributed by atoms with E-state index < -0.39 is 0 Å². The molecule has 0 aromatic carbocycles. The third kappa shape index (κ3) is 2.71. The molecule has 3 aromatic heterocycles. The van der Waals surface area contributed by atoms with Gasteiger partial charge in [0.25, 0.3) is 5.91 Å². The van der Waals surface area contributed by atoms with Gasteiger partial charge >= 0.3 is 0 Å². The van der Waals surface area contributed by atoms with Crippen molar-refractivity contribution in [2.45, 2.75) is 20.4 Å². The van der Waals surface area contributed by atoms with Crippen molar-refractivity contribution >= 4 is 11.7 Å². The van der Waals surface area contributed by atoms with Crippen LogP contribution in [0.1, 0.15) is 27.4 Å². The Morgan fingerprint density at radius 2 is 2.29 bits per heavy atom. The van der Waals surface area contributed by atoms with E-state index in [1.54, 1.807) is 35.4 Å². The van der Waals surface area contributed by atoms with Crippen molar-refractivity contribution < 1.29 is 9.32 Å². The lowest BCUT2D eigenvalue weighted by molar-refractivity contribution is 0.102. The molecule has 0 fully saturated rings. The Hall–Kier alpha value is -2.83. The van der Waals surface area contributed by atoms with Crippen LogP contribution in [0.5, 0.6) is 0 Å². The minimum absolute atomic E-state index is 0.196. The standard InChI is InChI=1S/C14H15N5O2/c1-9-12(10(2)21-18-9)8-19-6-4-13(17-19)16-14(20)11-3-5-15-7-11/h3-7,15H,8H2,1-2H3,(H,16,17,20). The predicted octanol–water partition coefficient (Wildman–Crippen LogP) is 2.12. The summed E-state index contributed by atoms with van der Waals surface area (Å²) in [5, 5.41) is 11.0. The topological polar surface area (TPSA) is 88.7 Å². The number of nitrogens with one attached hydrogen (secondary N) is 2. The van der Waals surface area contributed by atoms with Crippen LogP contribution in [0.3, 0.4) is 0 Å². The summed E-state index contributed by atoms with van der Waals surface area (Å²) in [6.07, 6.45) is 5.14. The maximum atomic E-state index is 11.9. The van der Waals surface area contributed by atoms with Gasteiger partial charge in [0.1, 0.15) is 5.76 Å². The zero-order valence-electron chi connectivity index (χ0n) is 11.8. The summed E-state index contributed by atoms with van der Waals surface area (Å²) in [5.74, 6) is 1.09. The highest BCUT2D eigenvalue weighted by atomic mass is 16.5. The van der Waals surface area contributed by atoms with E-state index in [2.05, 4.69) is 20.6 Å². The zero-order chi connectivity index (χ0) is 14.8. The number of nitrogens with zero attached hydrogens (tertiary/aromatic N) is 3. The van der Waals surface area contributed by atoms with Crippen molar-refractivity contribution in [2.24, 2.45) is 0 Å². The molecule has 21 heavy (non-hydrogen) atoms. The van der Waals surface area contributed by atoms with Crippen LogP contribution in [0.15, 0.2) is 35.2 Å². The summed E-state index contributed by atoms with van der Waals surface area (Å²) in [4.78, 5) is 14.7. The Balaban J connectivity index is 1.71. The molecule has 0 aliphatic carbocycles.